The number of anilines is 2. The molecule has 0 amide bonds. The van der Waals surface area contributed by atoms with E-state index in [1.807, 2.05) is 6.92 Å². The Hall–Kier alpha value is -1.32. The van der Waals surface area contributed by atoms with Crippen LogP contribution in [0.5, 0.6) is 0 Å². The van der Waals surface area contributed by atoms with Gasteiger partial charge < -0.3 is 10.6 Å². The lowest BCUT2D eigenvalue weighted by atomic mass is 10.0. The minimum atomic E-state index is 0.382. The molecule has 4 heteroatoms. The molecule has 0 unspecified atom stereocenters. The van der Waals surface area contributed by atoms with E-state index in [0.29, 0.717) is 11.7 Å². The Morgan fingerprint density at radius 1 is 1.19 bits per heavy atom. The number of rotatable bonds is 2. The van der Waals surface area contributed by atoms with E-state index < -0.39 is 0 Å². The van der Waals surface area contributed by atoms with Gasteiger partial charge in [0.1, 0.15) is 5.82 Å². The molecule has 88 valence electrons. The van der Waals surface area contributed by atoms with Crippen molar-refractivity contribution in [2.45, 2.75) is 39.5 Å². The topological polar surface area (TPSA) is 55.0 Å². The van der Waals surface area contributed by atoms with Gasteiger partial charge in [-0.05, 0) is 25.7 Å². The van der Waals surface area contributed by atoms with E-state index in [2.05, 4.69) is 28.7 Å². The summed E-state index contributed by atoms with van der Waals surface area (Å²) in [5.74, 6) is 1.83. The summed E-state index contributed by atoms with van der Waals surface area (Å²) in [5, 5.41) is 0. The van der Waals surface area contributed by atoms with Crippen LogP contribution >= 0.6 is 0 Å². The molecule has 0 radical (unpaired) electrons. The zero-order valence-electron chi connectivity index (χ0n) is 10.3. The molecular weight excluding hydrogens is 200 g/mol. The zero-order chi connectivity index (χ0) is 11.7. The second-order valence-electron chi connectivity index (χ2n) is 4.76. The van der Waals surface area contributed by atoms with Gasteiger partial charge in [-0.2, -0.15) is 4.98 Å². The van der Waals surface area contributed by atoms with Gasteiger partial charge in [-0.25, -0.2) is 4.98 Å². The molecule has 16 heavy (non-hydrogen) atoms. The van der Waals surface area contributed by atoms with Crippen LogP contribution in [0.15, 0.2) is 0 Å². The standard InChI is InChI=1S/C12H20N4/c1-8(2)10-9(3)14-12(15-11(10)13)16-6-4-5-7-16/h8H,4-7H2,1-3H3,(H2,13,14,15). The monoisotopic (exact) mass is 220 g/mol. The van der Waals surface area contributed by atoms with Crippen molar-refractivity contribution in [3.8, 4) is 0 Å². The zero-order valence-corrected chi connectivity index (χ0v) is 10.3. The molecule has 0 aromatic carbocycles. The van der Waals surface area contributed by atoms with E-state index in [1.54, 1.807) is 0 Å². The molecule has 0 aliphatic carbocycles. The van der Waals surface area contributed by atoms with Crippen molar-refractivity contribution >= 4 is 11.8 Å². The Morgan fingerprint density at radius 2 is 1.81 bits per heavy atom. The lowest BCUT2D eigenvalue weighted by molar-refractivity contribution is 0.817. The van der Waals surface area contributed by atoms with Crippen LogP contribution in [-0.4, -0.2) is 23.1 Å². The first-order valence-corrected chi connectivity index (χ1v) is 5.98. The lowest BCUT2D eigenvalue weighted by Gasteiger charge is -2.19. The first-order chi connectivity index (χ1) is 7.59. The Bertz CT molecular complexity index is 358. The second kappa shape index (κ2) is 4.28. The number of nitrogens with zero attached hydrogens (tertiary/aromatic N) is 3. The summed E-state index contributed by atoms with van der Waals surface area (Å²) in [4.78, 5) is 11.2. The largest absolute Gasteiger partial charge is 0.383 e. The molecule has 0 spiro atoms. The Kier molecular flexibility index (Phi) is 2.99. The summed E-state index contributed by atoms with van der Waals surface area (Å²) in [6, 6.07) is 0. The van der Waals surface area contributed by atoms with Crippen molar-refractivity contribution < 1.29 is 0 Å². The molecule has 0 saturated carbocycles. The maximum Gasteiger partial charge on any atom is 0.227 e. The fraction of sp³-hybridized carbons (Fsp3) is 0.667. The van der Waals surface area contributed by atoms with Crippen molar-refractivity contribution in [2.24, 2.45) is 0 Å². The van der Waals surface area contributed by atoms with Gasteiger partial charge >= 0.3 is 0 Å². The SMILES string of the molecule is Cc1nc(N2CCCC2)nc(N)c1C(C)C. The smallest absolute Gasteiger partial charge is 0.227 e. The van der Waals surface area contributed by atoms with E-state index in [4.69, 9.17) is 5.73 Å². The summed E-state index contributed by atoms with van der Waals surface area (Å²) in [6.45, 7) is 8.38. The minimum absolute atomic E-state index is 0.382. The predicted octanol–water partition coefficient (Wildman–Crippen LogP) is 2.09. The fourth-order valence-corrected chi connectivity index (χ4v) is 2.36. The minimum Gasteiger partial charge on any atom is -0.383 e. The number of nitrogens with two attached hydrogens (primary N) is 1. The molecule has 0 bridgehead atoms. The van der Waals surface area contributed by atoms with E-state index in [1.165, 1.54) is 12.8 Å². The van der Waals surface area contributed by atoms with Crippen LogP contribution in [0.4, 0.5) is 11.8 Å². The molecule has 1 aliphatic rings. The highest BCUT2D eigenvalue weighted by Gasteiger charge is 2.18. The molecular formula is C12H20N4. The first-order valence-electron chi connectivity index (χ1n) is 5.98. The van der Waals surface area contributed by atoms with E-state index >= 15 is 0 Å². The normalized spacial score (nSPS) is 16.1. The van der Waals surface area contributed by atoms with Crippen LogP contribution in [0.2, 0.25) is 0 Å². The first kappa shape index (κ1) is 11.2. The Labute approximate surface area is 96.9 Å². The molecule has 2 heterocycles. The van der Waals surface area contributed by atoms with Crippen molar-refractivity contribution in [1.82, 2.24) is 9.97 Å². The van der Waals surface area contributed by atoms with Crippen molar-refractivity contribution in [3.05, 3.63) is 11.3 Å². The third kappa shape index (κ3) is 1.96. The Morgan fingerprint density at radius 3 is 2.31 bits per heavy atom. The lowest BCUT2D eigenvalue weighted by Crippen LogP contribution is -2.22. The maximum absolute atomic E-state index is 6.01. The predicted molar refractivity (Wildman–Crippen MR) is 66.7 cm³/mol. The van der Waals surface area contributed by atoms with Crippen LogP contribution in [0, 0.1) is 6.92 Å². The molecule has 1 aliphatic heterocycles. The van der Waals surface area contributed by atoms with Gasteiger partial charge in [0.15, 0.2) is 0 Å². The van der Waals surface area contributed by atoms with Crippen molar-refractivity contribution in [1.29, 1.82) is 0 Å². The quantitative estimate of drug-likeness (QED) is 0.829. The number of hydrogen-bond donors (Lipinski definition) is 1. The summed E-state index contributed by atoms with van der Waals surface area (Å²) in [6.07, 6.45) is 2.46. The van der Waals surface area contributed by atoms with Crippen molar-refractivity contribution in [2.75, 3.05) is 23.7 Å². The highest BCUT2D eigenvalue weighted by atomic mass is 15.3. The number of aromatic nitrogens is 2. The number of aryl methyl sites for hydroxylation is 1. The van der Waals surface area contributed by atoms with E-state index in [9.17, 15) is 0 Å². The van der Waals surface area contributed by atoms with Crippen LogP contribution in [0.1, 0.15) is 43.9 Å². The number of nitrogen functional groups attached to an aromatic ring is 1. The molecule has 1 fully saturated rings. The second-order valence-corrected chi connectivity index (χ2v) is 4.76. The number of hydrogen-bond acceptors (Lipinski definition) is 4. The summed E-state index contributed by atoms with van der Waals surface area (Å²) in [5.41, 5.74) is 8.12. The summed E-state index contributed by atoms with van der Waals surface area (Å²) in [7, 11) is 0. The highest BCUT2D eigenvalue weighted by molar-refractivity contribution is 5.49. The average Bonchev–Trinajstić information content (AvgIpc) is 2.67. The van der Waals surface area contributed by atoms with Gasteiger partial charge in [-0.3, -0.25) is 0 Å². The average molecular weight is 220 g/mol. The van der Waals surface area contributed by atoms with E-state index in [-0.39, 0.29) is 0 Å². The van der Waals surface area contributed by atoms with Crippen LogP contribution in [-0.2, 0) is 0 Å². The Balaban J connectivity index is 2.36. The van der Waals surface area contributed by atoms with Gasteiger partial charge in [0.25, 0.3) is 0 Å². The molecule has 1 saturated heterocycles. The fourth-order valence-electron chi connectivity index (χ4n) is 2.36. The molecule has 2 rings (SSSR count). The van der Waals surface area contributed by atoms with Gasteiger partial charge in [-0.15, -0.1) is 0 Å². The van der Waals surface area contributed by atoms with Gasteiger partial charge in [0.2, 0.25) is 5.95 Å². The van der Waals surface area contributed by atoms with Crippen LogP contribution < -0.4 is 10.6 Å². The van der Waals surface area contributed by atoms with Gasteiger partial charge in [-0.1, -0.05) is 13.8 Å². The molecule has 1 aromatic rings. The summed E-state index contributed by atoms with van der Waals surface area (Å²) >= 11 is 0. The van der Waals surface area contributed by atoms with Crippen LogP contribution in [0.25, 0.3) is 0 Å². The summed E-state index contributed by atoms with van der Waals surface area (Å²) < 4.78 is 0. The van der Waals surface area contributed by atoms with Gasteiger partial charge in [0, 0.05) is 24.3 Å². The van der Waals surface area contributed by atoms with E-state index in [0.717, 1.165) is 30.3 Å². The molecule has 1 aromatic heterocycles. The molecule has 4 nitrogen and oxygen atoms in total. The highest BCUT2D eigenvalue weighted by Crippen LogP contribution is 2.26. The maximum atomic E-state index is 6.01. The molecule has 0 atom stereocenters. The van der Waals surface area contributed by atoms with Gasteiger partial charge in [0.05, 0.1) is 0 Å². The van der Waals surface area contributed by atoms with Crippen LogP contribution in [0.3, 0.4) is 0 Å². The van der Waals surface area contributed by atoms with Crippen molar-refractivity contribution in [3.63, 3.8) is 0 Å². The third-order valence-electron chi connectivity index (χ3n) is 3.12. The molecule has 2 N–H and O–H groups in total. The third-order valence-corrected chi connectivity index (χ3v) is 3.12.